The molecular weight excluding hydrogens is 278 g/mol. The van der Waals surface area contributed by atoms with Gasteiger partial charge in [-0.05, 0) is 16.5 Å². The molecular formula is C14H20BrNO. The molecule has 0 saturated carbocycles. The van der Waals surface area contributed by atoms with Crippen LogP contribution in [0.15, 0.2) is 24.3 Å². The van der Waals surface area contributed by atoms with Crippen molar-refractivity contribution in [3.05, 3.63) is 35.4 Å². The molecule has 0 saturated heterocycles. The highest BCUT2D eigenvalue weighted by Crippen LogP contribution is 2.18. The van der Waals surface area contributed by atoms with Crippen LogP contribution < -0.4 is 5.32 Å². The van der Waals surface area contributed by atoms with Gasteiger partial charge in [0.15, 0.2) is 0 Å². The first-order chi connectivity index (χ1) is 7.90. The lowest BCUT2D eigenvalue weighted by Crippen LogP contribution is -2.27. The summed E-state index contributed by atoms with van der Waals surface area (Å²) in [5.41, 5.74) is 2.43. The van der Waals surface area contributed by atoms with E-state index in [2.05, 4.69) is 54.2 Å². The van der Waals surface area contributed by atoms with Crippen molar-refractivity contribution in [2.75, 3.05) is 0 Å². The van der Waals surface area contributed by atoms with E-state index in [-0.39, 0.29) is 11.3 Å². The second-order valence-electron chi connectivity index (χ2n) is 5.46. The summed E-state index contributed by atoms with van der Waals surface area (Å²) in [6.07, 6.45) is 0.562. The molecule has 94 valence electrons. The Balaban J connectivity index is 2.42. The van der Waals surface area contributed by atoms with Crippen molar-refractivity contribution in [1.82, 2.24) is 5.32 Å². The van der Waals surface area contributed by atoms with Crippen molar-refractivity contribution in [3.8, 4) is 0 Å². The van der Waals surface area contributed by atoms with Crippen LogP contribution in [0.4, 0.5) is 0 Å². The topological polar surface area (TPSA) is 29.1 Å². The second-order valence-corrected chi connectivity index (χ2v) is 6.03. The number of hydrogen-bond donors (Lipinski definition) is 1. The SMILES string of the molecule is CC(C)(C)CC(=O)NCc1ccc(CBr)cc1. The Bertz CT molecular complexity index is 365. The molecule has 1 aromatic rings. The maximum absolute atomic E-state index is 11.6. The molecule has 0 atom stereocenters. The van der Waals surface area contributed by atoms with Crippen molar-refractivity contribution in [1.29, 1.82) is 0 Å². The Morgan fingerprint density at radius 1 is 1.18 bits per heavy atom. The number of hydrogen-bond acceptors (Lipinski definition) is 1. The fraction of sp³-hybridized carbons (Fsp3) is 0.500. The van der Waals surface area contributed by atoms with Crippen LogP contribution in [0.1, 0.15) is 38.3 Å². The molecule has 1 N–H and O–H groups in total. The summed E-state index contributed by atoms with van der Waals surface area (Å²) in [7, 11) is 0. The Hall–Kier alpha value is -0.830. The van der Waals surface area contributed by atoms with E-state index in [0.717, 1.165) is 10.9 Å². The largest absolute Gasteiger partial charge is 0.352 e. The Kier molecular flexibility index (Phi) is 5.19. The van der Waals surface area contributed by atoms with E-state index in [1.807, 2.05) is 12.1 Å². The van der Waals surface area contributed by atoms with Gasteiger partial charge in [0, 0.05) is 18.3 Å². The quantitative estimate of drug-likeness (QED) is 0.845. The van der Waals surface area contributed by atoms with Gasteiger partial charge in [-0.1, -0.05) is 61.0 Å². The Morgan fingerprint density at radius 3 is 2.18 bits per heavy atom. The van der Waals surface area contributed by atoms with E-state index in [1.54, 1.807) is 0 Å². The molecule has 0 spiro atoms. The van der Waals surface area contributed by atoms with Crippen molar-refractivity contribution < 1.29 is 4.79 Å². The van der Waals surface area contributed by atoms with Crippen LogP contribution in [-0.4, -0.2) is 5.91 Å². The van der Waals surface area contributed by atoms with Gasteiger partial charge in [0.25, 0.3) is 0 Å². The third-order valence-corrected chi connectivity index (χ3v) is 3.01. The Morgan fingerprint density at radius 2 is 1.71 bits per heavy atom. The van der Waals surface area contributed by atoms with Gasteiger partial charge < -0.3 is 5.32 Å². The van der Waals surface area contributed by atoms with Crippen LogP contribution in [0.2, 0.25) is 0 Å². The molecule has 1 rings (SSSR count). The lowest BCUT2D eigenvalue weighted by molar-refractivity contribution is -0.122. The predicted octanol–water partition coefficient (Wildman–Crippen LogP) is 3.63. The number of benzene rings is 1. The molecule has 0 aromatic heterocycles. The van der Waals surface area contributed by atoms with E-state index < -0.39 is 0 Å². The average Bonchev–Trinajstić information content (AvgIpc) is 2.25. The van der Waals surface area contributed by atoms with E-state index in [9.17, 15) is 4.79 Å². The van der Waals surface area contributed by atoms with Crippen molar-refractivity contribution in [2.24, 2.45) is 5.41 Å². The number of rotatable bonds is 4. The first kappa shape index (κ1) is 14.2. The zero-order valence-electron chi connectivity index (χ0n) is 10.7. The molecule has 2 nitrogen and oxygen atoms in total. The minimum Gasteiger partial charge on any atom is -0.352 e. The van der Waals surface area contributed by atoms with Crippen molar-refractivity contribution in [2.45, 2.75) is 39.1 Å². The molecule has 1 amide bonds. The summed E-state index contributed by atoms with van der Waals surface area (Å²) >= 11 is 3.41. The summed E-state index contributed by atoms with van der Waals surface area (Å²) in [6, 6.07) is 8.24. The van der Waals surface area contributed by atoms with Crippen LogP contribution in [0.3, 0.4) is 0 Å². The molecule has 0 aliphatic rings. The van der Waals surface area contributed by atoms with Crippen LogP contribution in [0.25, 0.3) is 0 Å². The molecule has 3 heteroatoms. The van der Waals surface area contributed by atoms with E-state index in [4.69, 9.17) is 0 Å². The molecule has 0 heterocycles. The van der Waals surface area contributed by atoms with Gasteiger partial charge >= 0.3 is 0 Å². The van der Waals surface area contributed by atoms with E-state index >= 15 is 0 Å². The first-order valence-corrected chi connectivity index (χ1v) is 6.93. The van der Waals surface area contributed by atoms with Gasteiger partial charge in [0.2, 0.25) is 5.91 Å². The third-order valence-electron chi connectivity index (χ3n) is 2.36. The monoisotopic (exact) mass is 297 g/mol. The summed E-state index contributed by atoms with van der Waals surface area (Å²) in [5.74, 6) is 0.113. The summed E-state index contributed by atoms with van der Waals surface area (Å²) in [4.78, 5) is 11.6. The number of nitrogens with one attached hydrogen (secondary N) is 1. The molecule has 17 heavy (non-hydrogen) atoms. The fourth-order valence-electron chi connectivity index (χ4n) is 1.49. The zero-order chi connectivity index (χ0) is 12.9. The van der Waals surface area contributed by atoms with Gasteiger partial charge in [0.1, 0.15) is 0 Å². The lowest BCUT2D eigenvalue weighted by Gasteiger charge is -2.17. The molecule has 1 aromatic carbocycles. The van der Waals surface area contributed by atoms with E-state index in [0.29, 0.717) is 13.0 Å². The Labute approximate surface area is 112 Å². The van der Waals surface area contributed by atoms with Gasteiger partial charge in [-0.2, -0.15) is 0 Å². The number of amides is 1. The summed E-state index contributed by atoms with van der Waals surface area (Å²) < 4.78 is 0. The number of carbonyl (C=O) groups is 1. The molecule has 0 aliphatic heterocycles. The molecule has 0 aliphatic carbocycles. The van der Waals surface area contributed by atoms with Crippen LogP contribution in [0, 0.1) is 5.41 Å². The number of carbonyl (C=O) groups excluding carboxylic acids is 1. The third kappa shape index (κ3) is 5.87. The number of halogens is 1. The average molecular weight is 298 g/mol. The smallest absolute Gasteiger partial charge is 0.220 e. The highest BCUT2D eigenvalue weighted by atomic mass is 79.9. The second kappa shape index (κ2) is 6.20. The van der Waals surface area contributed by atoms with Gasteiger partial charge in [0.05, 0.1) is 0 Å². The van der Waals surface area contributed by atoms with E-state index in [1.165, 1.54) is 5.56 Å². The summed E-state index contributed by atoms with van der Waals surface area (Å²) in [5, 5.41) is 3.81. The molecule has 0 radical (unpaired) electrons. The minimum absolute atomic E-state index is 0.0455. The van der Waals surface area contributed by atoms with Crippen LogP contribution >= 0.6 is 15.9 Å². The summed E-state index contributed by atoms with van der Waals surface area (Å²) in [6.45, 7) is 6.81. The fourth-order valence-corrected chi connectivity index (χ4v) is 1.86. The minimum atomic E-state index is 0.0455. The molecule has 0 bridgehead atoms. The van der Waals surface area contributed by atoms with Crippen LogP contribution in [-0.2, 0) is 16.7 Å². The normalized spacial score (nSPS) is 11.3. The van der Waals surface area contributed by atoms with Crippen molar-refractivity contribution in [3.63, 3.8) is 0 Å². The maximum atomic E-state index is 11.6. The van der Waals surface area contributed by atoms with Gasteiger partial charge in [-0.15, -0.1) is 0 Å². The van der Waals surface area contributed by atoms with Gasteiger partial charge in [-0.25, -0.2) is 0 Å². The number of alkyl halides is 1. The van der Waals surface area contributed by atoms with Crippen LogP contribution in [0.5, 0.6) is 0 Å². The lowest BCUT2D eigenvalue weighted by atomic mass is 9.92. The predicted molar refractivity (Wildman–Crippen MR) is 75.0 cm³/mol. The molecule has 0 fully saturated rings. The molecule has 0 unspecified atom stereocenters. The zero-order valence-corrected chi connectivity index (χ0v) is 12.3. The first-order valence-electron chi connectivity index (χ1n) is 5.81. The maximum Gasteiger partial charge on any atom is 0.220 e. The van der Waals surface area contributed by atoms with Gasteiger partial charge in [-0.3, -0.25) is 4.79 Å². The van der Waals surface area contributed by atoms with Crippen molar-refractivity contribution >= 4 is 21.8 Å². The highest BCUT2D eigenvalue weighted by molar-refractivity contribution is 9.08. The standard InChI is InChI=1S/C14H20BrNO/c1-14(2,3)8-13(17)16-10-12-6-4-11(9-15)5-7-12/h4-7H,8-10H2,1-3H3,(H,16,17). The highest BCUT2D eigenvalue weighted by Gasteiger charge is 2.15.